The van der Waals surface area contributed by atoms with Crippen LogP contribution in [0.2, 0.25) is 0 Å². The quantitative estimate of drug-likeness (QED) is 0.463. The zero-order valence-electron chi connectivity index (χ0n) is 9.01. The number of hydrogen-bond donors (Lipinski definition) is 2. The Kier molecular flexibility index (Phi) is 7.06. The highest BCUT2D eigenvalue weighted by Crippen LogP contribution is 1.88. The Morgan fingerprint density at radius 1 is 1.64 bits per heavy atom. The minimum absolute atomic E-state index is 0.119. The molecular weight excluding hydrogens is 180 g/mol. The van der Waals surface area contributed by atoms with Crippen molar-refractivity contribution in [3.05, 3.63) is 12.2 Å². The summed E-state index contributed by atoms with van der Waals surface area (Å²) < 4.78 is 5.20. The van der Waals surface area contributed by atoms with Crippen molar-refractivity contribution >= 4 is 5.91 Å². The minimum Gasteiger partial charge on any atom is -0.375 e. The maximum absolute atomic E-state index is 11.2. The number of carbonyl (C=O) groups excluding carboxylic acids is 1. The van der Waals surface area contributed by atoms with E-state index in [0.29, 0.717) is 26.2 Å². The van der Waals surface area contributed by atoms with Crippen LogP contribution < -0.4 is 11.1 Å². The van der Waals surface area contributed by atoms with E-state index in [1.54, 1.807) is 0 Å². The number of ether oxygens (including phenoxy) is 1. The molecule has 0 saturated heterocycles. The van der Waals surface area contributed by atoms with Crippen LogP contribution in [0.1, 0.15) is 20.3 Å². The van der Waals surface area contributed by atoms with Crippen molar-refractivity contribution in [3.8, 4) is 0 Å². The third-order valence-electron chi connectivity index (χ3n) is 1.67. The molecule has 3 N–H and O–H groups in total. The van der Waals surface area contributed by atoms with E-state index < -0.39 is 6.04 Å². The Hall–Kier alpha value is -0.870. The van der Waals surface area contributed by atoms with Gasteiger partial charge in [-0.1, -0.05) is 19.1 Å². The van der Waals surface area contributed by atoms with Gasteiger partial charge >= 0.3 is 0 Å². The first-order valence-corrected chi connectivity index (χ1v) is 4.83. The Morgan fingerprint density at radius 3 is 2.79 bits per heavy atom. The van der Waals surface area contributed by atoms with Crippen LogP contribution in [0, 0.1) is 0 Å². The van der Waals surface area contributed by atoms with Crippen molar-refractivity contribution in [1.29, 1.82) is 0 Å². The van der Waals surface area contributed by atoms with Gasteiger partial charge in [0, 0.05) is 6.54 Å². The molecule has 0 unspecified atom stereocenters. The van der Waals surface area contributed by atoms with E-state index in [-0.39, 0.29) is 5.91 Å². The molecule has 0 aliphatic rings. The largest absolute Gasteiger partial charge is 0.375 e. The van der Waals surface area contributed by atoms with E-state index in [4.69, 9.17) is 10.5 Å². The summed E-state index contributed by atoms with van der Waals surface area (Å²) in [6.45, 7) is 9.00. The van der Waals surface area contributed by atoms with Crippen molar-refractivity contribution in [2.45, 2.75) is 26.3 Å². The average molecular weight is 200 g/mol. The molecule has 0 aromatic heterocycles. The fourth-order valence-electron chi connectivity index (χ4n) is 0.809. The average Bonchev–Trinajstić information content (AvgIpc) is 2.15. The number of hydrogen-bond acceptors (Lipinski definition) is 3. The second kappa shape index (κ2) is 7.53. The van der Waals surface area contributed by atoms with Gasteiger partial charge < -0.3 is 15.8 Å². The zero-order valence-corrected chi connectivity index (χ0v) is 9.01. The van der Waals surface area contributed by atoms with Gasteiger partial charge in [-0.15, -0.1) is 0 Å². The molecule has 1 amide bonds. The summed E-state index contributed by atoms with van der Waals surface area (Å²) in [5.41, 5.74) is 6.49. The molecule has 1 atom stereocenters. The summed E-state index contributed by atoms with van der Waals surface area (Å²) in [7, 11) is 0. The van der Waals surface area contributed by atoms with E-state index in [0.717, 1.165) is 5.57 Å². The first-order valence-electron chi connectivity index (χ1n) is 4.83. The molecule has 0 bridgehead atoms. The molecule has 0 spiro atoms. The highest BCUT2D eigenvalue weighted by Gasteiger charge is 2.08. The lowest BCUT2D eigenvalue weighted by atomic mass is 10.2. The summed E-state index contributed by atoms with van der Waals surface area (Å²) in [5.74, 6) is -0.119. The van der Waals surface area contributed by atoms with Crippen LogP contribution in [0.25, 0.3) is 0 Å². The van der Waals surface area contributed by atoms with Crippen LogP contribution in [0.15, 0.2) is 12.2 Å². The van der Waals surface area contributed by atoms with Gasteiger partial charge in [-0.05, 0) is 13.3 Å². The number of carbonyl (C=O) groups is 1. The van der Waals surface area contributed by atoms with E-state index in [2.05, 4.69) is 11.9 Å². The monoisotopic (exact) mass is 200 g/mol. The molecule has 0 rings (SSSR count). The predicted octanol–water partition coefficient (Wildman–Crippen LogP) is 0.433. The van der Waals surface area contributed by atoms with E-state index in [1.165, 1.54) is 0 Å². The molecule has 0 saturated carbocycles. The molecule has 0 aliphatic carbocycles. The molecule has 4 heteroatoms. The normalized spacial score (nSPS) is 12.2. The van der Waals surface area contributed by atoms with Crippen molar-refractivity contribution in [2.24, 2.45) is 5.73 Å². The molecule has 82 valence electrons. The second-order valence-corrected chi connectivity index (χ2v) is 3.32. The van der Waals surface area contributed by atoms with Crippen molar-refractivity contribution in [3.63, 3.8) is 0 Å². The highest BCUT2D eigenvalue weighted by molar-refractivity contribution is 5.81. The van der Waals surface area contributed by atoms with Gasteiger partial charge in [0.1, 0.15) is 0 Å². The third-order valence-corrected chi connectivity index (χ3v) is 1.67. The second-order valence-electron chi connectivity index (χ2n) is 3.32. The molecule has 14 heavy (non-hydrogen) atoms. The molecule has 0 aromatic carbocycles. The van der Waals surface area contributed by atoms with Gasteiger partial charge in [-0.3, -0.25) is 4.79 Å². The van der Waals surface area contributed by atoms with Gasteiger partial charge in [0.15, 0.2) is 0 Å². The molecule has 0 radical (unpaired) electrons. The lowest BCUT2D eigenvalue weighted by molar-refractivity contribution is -0.122. The summed E-state index contributed by atoms with van der Waals surface area (Å²) >= 11 is 0. The fourth-order valence-corrected chi connectivity index (χ4v) is 0.809. The van der Waals surface area contributed by atoms with E-state index in [1.807, 2.05) is 13.8 Å². The SMILES string of the molecule is C=C(C)COCCNC(=O)[C@H](N)CC. The number of rotatable bonds is 7. The topological polar surface area (TPSA) is 64.3 Å². The Bertz CT molecular complexity index is 193. The van der Waals surface area contributed by atoms with Gasteiger partial charge in [0.2, 0.25) is 5.91 Å². The lowest BCUT2D eigenvalue weighted by Crippen LogP contribution is -2.41. The highest BCUT2D eigenvalue weighted by atomic mass is 16.5. The van der Waals surface area contributed by atoms with Crippen LogP contribution in [0.3, 0.4) is 0 Å². The number of amides is 1. The van der Waals surface area contributed by atoms with Gasteiger partial charge in [-0.2, -0.15) is 0 Å². The summed E-state index contributed by atoms with van der Waals surface area (Å²) in [6.07, 6.45) is 0.651. The van der Waals surface area contributed by atoms with Crippen LogP contribution in [0.5, 0.6) is 0 Å². The van der Waals surface area contributed by atoms with Gasteiger partial charge in [-0.25, -0.2) is 0 Å². The number of nitrogens with one attached hydrogen (secondary N) is 1. The Morgan fingerprint density at radius 2 is 2.29 bits per heavy atom. The molecule has 0 fully saturated rings. The zero-order chi connectivity index (χ0) is 11.0. The smallest absolute Gasteiger partial charge is 0.236 e. The molecule has 4 nitrogen and oxygen atoms in total. The maximum Gasteiger partial charge on any atom is 0.236 e. The summed E-state index contributed by atoms with van der Waals surface area (Å²) in [5, 5.41) is 2.69. The van der Waals surface area contributed by atoms with Crippen molar-refractivity contribution < 1.29 is 9.53 Å². The Labute approximate surface area is 85.5 Å². The molecule has 0 heterocycles. The van der Waals surface area contributed by atoms with Crippen LogP contribution in [0.4, 0.5) is 0 Å². The first-order chi connectivity index (χ1) is 6.57. The minimum atomic E-state index is -0.406. The van der Waals surface area contributed by atoms with Crippen LogP contribution >= 0.6 is 0 Å². The van der Waals surface area contributed by atoms with Gasteiger partial charge in [0.05, 0.1) is 19.3 Å². The predicted molar refractivity (Wildman–Crippen MR) is 56.9 cm³/mol. The standard InChI is InChI=1S/C10H20N2O2/c1-4-9(11)10(13)12-5-6-14-7-8(2)3/h9H,2,4-7,11H2,1,3H3,(H,12,13)/t9-/m1/s1. The number of nitrogens with two attached hydrogens (primary N) is 1. The van der Waals surface area contributed by atoms with E-state index in [9.17, 15) is 4.79 Å². The van der Waals surface area contributed by atoms with Gasteiger partial charge in [0.25, 0.3) is 0 Å². The summed E-state index contributed by atoms with van der Waals surface area (Å²) in [4.78, 5) is 11.2. The van der Waals surface area contributed by atoms with Crippen molar-refractivity contribution in [1.82, 2.24) is 5.32 Å². The third kappa shape index (κ3) is 6.62. The van der Waals surface area contributed by atoms with E-state index >= 15 is 0 Å². The fraction of sp³-hybridized carbons (Fsp3) is 0.700. The molecular formula is C10H20N2O2. The van der Waals surface area contributed by atoms with Crippen LogP contribution in [-0.2, 0) is 9.53 Å². The molecule has 0 aliphatic heterocycles. The maximum atomic E-state index is 11.2. The molecule has 0 aromatic rings. The van der Waals surface area contributed by atoms with Crippen LogP contribution in [-0.4, -0.2) is 31.7 Å². The summed E-state index contributed by atoms with van der Waals surface area (Å²) in [6, 6.07) is -0.406. The van der Waals surface area contributed by atoms with Crippen molar-refractivity contribution in [2.75, 3.05) is 19.8 Å². The lowest BCUT2D eigenvalue weighted by Gasteiger charge is -2.10. The first kappa shape index (κ1) is 13.1. The Balaban J connectivity index is 3.36.